The van der Waals surface area contributed by atoms with E-state index in [2.05, 4.69) is 10.4 Å². The van der Waals surface area contributed by atoms with E-state index < -0.39 is 0 Å². The molecule has 0 radical (unpaired) electrons. The first-order valence-corrected chi connectivity index (χ1v) is 6.54. The van der Waals surface area contributed by atoms with Crippen LogP contribution in [0.25, 0.3) is 0 Å². The van der Waals surface area contributed by atoms with E-state index in [0.29, 0.717) is 24.5 Å². The van der Waals surface area contributed by atoms with Crippen LogP contribution in [-0.4, -0.2) is 35.0 Å². The first-order valence-electron chi connectivity index (χ1n) is 6.54. The Hall–Kier alpha value is -1.63. The fourth-order valence-electron chi connectivity index (χ4n) is 1.95. The van der Waals surface area contributed by atoms with Gasteiger partial charge in [-0.3, -0.25) is 10.1 Å². The number of nitro groups is 1. The lowest BCUT2D eigenvalue weighted by atomic mass is 10.2. The van der Waals surface area contributed by atoms with Gasteiger partial charge in [0.25, 0.3) is 0 Å². The van der Waals surface area contributed by atoms with Gasteiger partial charge in [-0.1, -0.05) is 6.92 Å². The van der Waals surface area contributed by atoms with Crippen LogP contribution in [0.5, 0.6) is 0 Å². The van der Waals surface area contributed by atoms with Crippen LogP contribution in [0.4, 0.5) is 11.5 Å². The van der Waals surface area contributed by atoms with Crippen molar-refractivity contribution in [1.82, 2.24) is 9.78 Å². The van der Waals surface area contributed by atoms with E-state index in [9.17, 15) is 10.1 Å². The lowest BCUT2D eigenvalue weighted by Gasteiger charge is -2.05. The number of aryl methyl sites for hydroxylation is 2. The highest BCUT2D eigenvalue weighted by Crippen LogP contribution is 2.28. The highest BCUT2D eigenvalue weighted by atomic mass is 16.6. The molecule has 19 heavy (non-hydrogen) atoms. The van der Waals surface area contributed by atoms with Gasteiger partial charge in [0.05, 0.1) is 4.92 Å². The van der Waals surface area contributed by atoms with Crippen molar-refractivity contribution >= 4 is 11.5 Å². The summed E-state index contributed by atoms with van der Waals surface area (Å²) in [6, 6.07) is 0. The Kier molecular flexibility index (Phi) is 6.27. The molecule has 1 aromatic heterocycles. The summed E-state index contributed by atoms with van der Waals surface area (Å²) in [7, 11) is 3.41. The van der Waals surface area contributed by atoms with Gasteiger partial charge in [-0.15, -0.1) is 0 Å². The second-order valence-corrected chi connectivity index (χ2v) is 4.36. The van der Waals surface area contributed by atoms with Crippen LogP contribution in [-0.2, 0) is 18.2 Å². The van der Waals surface area contributed by atoms with Gasteiger partial charge in [-0.2, -0.15) is 5.10 Å². The van der Waals surface area contributed by atoms with Crippen molar-refractivity contribution in [3.63, 3.8) is 0 Å². The Bertz CT molecular complexity index is 417. The van der Waals surface area contributed by atoms with Gasteiger partial charge in [0.15, 0.2) is 0 Å². The van der Waals surface area contributed by atoms with E-state index in [4.69, 9.17) is 4.74 Å². The van der Waals surface area contributed by atoms with Crippen LogP contribution in [0.1, 0.15) is 31.9 Å². The summed E-state index contributed by atoms with van der Waals surface area (Å²) >= 11 is 0. The maximum Gasteiger partial charge on any atom is 0.333 e. The van der Waals surface area contributed by atoms with Gasteiger partial charge in [0.1, 0.15) is 5.69 Å². The SMILES string of the molecule is CCc1nn(C)c(NCCCCCOC)c1[N+](=O)[O-]. The van der Waals surface area contributed by atoms with Gasteiger partial charge in [0.2, 0.25) is 5.82 Å². The van der Waals surface area contributed by atoms with Gasteiger partial charge < -0.3 is 10.1 Å². The highest BCUT2D eigenvalue weighted by molar-refractivity contribution is 5.59. The van der Waals surface area contributed by atoms with Gasteiger partial charge in [-0.05, 0) is 25.7 Å². The molecule has 108 valence electrons. The Morgan fingerprint density at radius 1 is 1.42 bits per heavy atom. The number of nitrogens with zero attached hydrogens (tertiary/aromatic N) is 3. The smallest absolute Gasteiger partial charge is 0.333 e. The molecule has 0 aromatic carbocycles. The van der Waals surface area contributed by atoms with Crippen LogP contribution in [0.2, 0.25) is 0 Å². The maximum atomic E-state index is 11.1. The minimum absolute atomic E-state index is 0.0990. The number of methoxy groups -OCH3 is 1. The van der Waals surface area contributed by atoms with Crippen LogP contribution >= 0.6 is 0 Å². The van der Waals surface area contributed by atoms with E-state index in [1.165, 1.54) is 0 Å². The summed E-state index contributed by atoms with van der Waals surface area (Å²) in [5, 5.41) is 18.4. The number of aromatic nitrogens is 2. The zero-order valence-corrected chi connectivity index (χ0v) is 11.8. The molecule has 7 nitrogen and oxygen atoms in total. The van der Waals surface area contributed by atoms with Crippen molar-refractivity contribution in [3.8, 4) is 0 Å². The topological polar surface area (TPSA) is 82.2 Å². The zero-order chi connectivity index (χ0) is 14.3. The number of hydrogen-bond acceptors (Lipinski definition) is 5. The molecule has 7 heteroatoms. The molecule has 1 N–H and O–H groups in total. The predicted molar refractivity (Wildman–Crippen MR) is 73.5 cm³/mol. The van der Waals surface area contributed by atoms with Crippen LogP contribution in [0, 0.1) is 10.1 Å². The van der Waals surface area contributed by atoms with Gasteiger partial charge >= 0.3 is 5.69 Å². The molecule has 0 fully saturated rings. The van der Waals surface area contributed by atoms with Crippen LogP contribution in [0.3, 0.4) is 0 Å². The van der Waals surface area contributed by atoms with Crippen molar-refractivity contribution in [1.29, 1.82) is 0 Å². The van der Waals surface area contributed by atoms with Crippen molar-refractivity contribution in [2.24, 2.45) is 7.05 Å². The third kappa shape index (κ3) is 4.20. The Balaban J connectivity index is 2.57. The number of nitrogens with one attached hydrogen (secondary N) is 1. The molecule has 0 saturated heterocycles. The minimum atomic E-state index is -0.362. The second-order valence-electron chi connectivity index (χ2n) is 4.36. The van der Waals surface area contributed by atoms with Crippen molar-refractivity contribution < 1.29 is 9.66 Å². The van der Waals surface area contributed by atoms with Crippen molar-refractivity contribution in [2.45, 2.75) is 32.6 Å². The molecule has 0 aliphatic rings. The lowest BCUT2D eigenvalue weighted by Crippen LogP contribution is -2.08. The quantitative estimate of drug-likeness (QED) is 0.422. The molecule has 0 spiro atoms. The molecule has 0 bridgehead atoms. The average molecular weight is 270 g/mol. The summed E-state index contributed by atoms with van der Waals surface area (Å²) < 4.78 is 6.52. The van der Waals surface area contributed by atoms with E-state index in [1.54, 1.807) is 18.8 Å². The molecule has 1 rings (SSSR count). The standard InChI is InChI=1S/C12H22N4O3/c1-4-10-11(16(17)18)12(15(2)14-10)13-8-6-5-7-9-19-3/h13H,4-9H2,1-3H3. The number of unbranched alkanes of at least 4 members (excludes halogenated alkanes) is 2. The molecule has 1 heterocycles. The normalized spacial score (nSPS) is 10.7. The highest BCUT2D eigenvalue weighted by Gasteiger charge is 2.24. The Labute approximate surface area is 113 Å². The number of ether oxygens (including phenoxy) is 1. The first-order chi connectivity index (χ1) is 9.11. The van der Waals surface area contributed by atoms with E-state index in [-0.39, 0.29) is 10.6 Å². The molecule has 0 aliphatic heterocycles. The summed E-state index contributed by atoms with van der Waals surface area (Å²) in [6.07, 6.45) is 3.55. The monoisotopic (exact) mass is 270 g/mol. The molecular formula is C12H22N4O3. The minimum Gasteiger partial charge on any atom is -0.385 e. The van der Waals surface area contributed by atoms with E-state index in [1.807, 2.05) is 6.92 Å². The molecule has 0 saturated carbocycles. The average Bonchev–Trinajstić information content (AvgIpc) is 2.70. The summed E-state index contributed by atoms with van der Waals surface area (Å²) in [5.74, 6) is 0.494. The summed E-state index contributed by atoms with van der Waals surface area (Å²) in [5.41, 5.74) is 0.622. The predicted octanol–water partition coefficient (Wildman–Crippen LogP) is 2.12. The number of hydrogen-bond donors (Lipinski definition) is 1. The summed E-state index contributed by atoms with van der Waals surface area (Å²) in [6.45, 7) is 3.32. The Morgan fingerprint density at radius 2 is 2.16 bits per heavy atom. The fourth-order valence-corrected chi connectivity index (χ4v) is 1.95. The molecular weight excluding hydrogens is 248 g/mol. The fraction of sp³-hybridized carbons (Fsp3) is 0.750. The number of anilines is 1. The zero-order valence-electron chi connectivity index (χ0n) is 11.8. The molecule has 1 aromatic rings. The lowest BCUT2D eigenvalue weighted by molar-refractivity contribution is -0.384. The third-order valence-corrected chi connectivity index (χ3v) is 2.93. The van der Waals surface area contributed by atoms with E-state index >= 15 is 0 Å². The summed E-state index contributed by atoms with van der Waals surface area (Å²) in [4.78, 5) is 10.7. The first kappa shape index (κ1) is 15.4. The molecule has 0 unspecified atom stereocenters. The van der Waals surface area contributed by atoms with Crippen molar-refractivity contribution in [3.05, 3.63) is 15.8 Å². The van der Waals surface area contributed by atoms with Gasteiger partial charge in [0, 0.05) is 27.3 Å². The largest absolute Gasteiger partial charge is 0.385 e. The van der Waals surface area contributed by atoms with Crippen molar-refractivity contribution in [2.75, 3.05) is 25.6 Å². The third-order valence-electron chi connectivity index (χ3n) is 2.93. The van der Waals surface area contributed by atoms with Crippen LogP contribution in [0.15, 0.2) is 0 Å². The Morgan fingerprint density at radius 3 is 2.74 bits per heavy atom. The molecule has 0 aliphatic carbocycles. The van der Waals surface area contributed by atoms with Gasteiger partial charge in [-0.25, -0.2) is 4.68 Å². The van der Waals surface area contributed by atoms with E-state index in [0.717, 1.165) is 25.9 Å². The number of rotatable bonds is 9. The molecule has 0 atom stereocenters. The van der Waals surface area contributed by atoms with Crippen LogP contribution < -0.4 is 5.32 Å². The maximum absolute atomic E-state index is 11.1. The molecule has 0 amide bonds. The second kappa shape index (κ2) is 7.73.